The topological polar surface area (TPSA) is 67.6 Å². The number of hydrogen-bond acceptors (Lipinski definition) is 4. The molecule has 21 heavy (non-hydrogen) atoms. The van der Waals surface area contributed by atoms with E-state index in [0.29, 0.717) is 0 Å². The fourth-order valence-corrected chi connectivity index (χ4v) is 2.60. The molecule has 8 heteroatoms. The molecule has 5 nitrogen and oxygen atoms in total. The van der Waals surface area contributed by atoms with Gasteiger partial charge in [0.2, 0.25) is 5.91 Å². The summed E-state index contributed by atoms with van der Waals surface area (Å²) >= 11 is 0. The van der Waals surface area contributed by atoms with Crippen LogP contribution in [-0.2, 0) is 9.53 Å². The minimum absolute atomic E-state index is 0.0262. The molecule has 1 heterocycles. The molecule has 1 amide bonds. The second-order valence-corrected chi connectivity index (χ2v) is 5.67. The first-order chi connectivity index (χ1) is 9.84. The lowest BCUT2D eigenvalue weighted by Crippen LogP contribution is -2.65. The van der Waals surface area contributed by atoms with Crippen LogP contribution < -0.4 is 11.1 Å². The Labute approximate surface area is 122 Å². The van der Waals surface area contributed by atoms with Crippen molar-refractivity contribution in [3.63, 3.8) is 0 Å². The molecule has 1 aliphatic heterocycles. The Bertz CT molecular complexity index is 374. The normalized spacial score (nSPS) is 27.2. The first-order valence-electron chi connectivity index (χ1n) is 7.30. The van der Waals surface area contributed by atoms with Gasteiger partial charge in [-0.3, -0.25) is 9.69 Å². The van der Waals surface area contributed by atoms with E-state index in [-0.39, 0.29) is 32.2 Å². The molecule has 1 saturated heterocycles. The number of carbonyl (C=O) groups excluding carboxylic acids is 1. The van der Waals surface area contributed by atoms with Crippen molar-refractivity contribution in [2.24, 2.45) is 5.73 Å². The summed E-state index contributed by atoms with van der Waals surface area (Å²) in [5, 5.41) is 2.75. The molecule has 0 bridgehead atoms. The summed E-state index contributed by atoms with van der Waals surface area (Å²) in [6.45, 7) is 1.82. The molecule has 1 saturated carbocycles. The highest BCUT2D eigenvalue weighted by atomic mass is 19.4. The lowest BCUT2D eigenvalue weighted by atomic mass is 10.0. The molecule has 2 aliphatic rings. The van der Waals surface area contributed by atoms with E-state index in [1.54, 1.807) is 6.92 Å². The van der Waals surface area contributed by atoms with E-state index in [9.17, 15) is 18.0 Å². The number of nitrogens with two attached hydrogens (primary N) is 1. The number of halogens is 3. The molecule has 122 valence electrons. The van der Waals surface area contributed by atoms with Crippen LogP contribution in [-0.4, -0.2) is 60.9 Å². The standard InChI is InChI=1S/C13H22F3N3O2/c1-2-9(17)11(13(14,15)16)19-5-6-21-7-10(19)12(20)18-8-3-4-8/h8-11H,2-7,17H2,1H3,(H,18,20). The van der Waals surface area contributed by atoms with E-state index in [2.05, 4.69) is 5.32 Å². The van der Waals surface area contributed by atoms with Gasteiger partial charge in [0, 0.05) is 18.6 Å². The molecule has 3 N–H and O–H groups in total. The minimum Gasteiger partial charge on any atom is -0.378 e. The smallest absolute Gasteiger partial charge is 0.378 e. The van der Waals surface area contributed by atoms with Crippen molar-refractivity contribution in [1.29, 1.82) is 0 Å². The Kier molecular flexibility index (Phi) is 5.11. The first-order valence-corrected chi connectivity index (χ1v) is 7.30. The summed E-state index contributed by atoms with van der Waals surface area (Å²) in [7, 11) is 0. The average molecular weight is 309 g/mol. The number of carbonyl (C=O) groups is 1. The molecule has 0 aromatic carbocycles. The lowest BCUT2D eigenvalue weighted by molar-refractivity contribution is -0.206. The van der Waals surface area contributed by atoms with E-state index in [1.807, 2.05) is 0 Å². The Balaban J connectivity index is 2.15. The fraction of sp³-hybridized carbons (Fsp3) is 0.923. The van der Waals surface area contributed by atoms with Crippen LogP contribution in [0.5, 0.6) is 0 Å². The van der Waals surface area contributed by atoms with Gasteiger partial charge in [-0.15, -0.1) is 0 Å². The summed E-state index contributed by atoms with van der Waals surface area (Å²) in [4.78, 5) is 13.3. The van der Waals surface area contributed by atoms with E-state index in [0.717, 1.165) is 17.7 Å². The van der Waals surface area contributed by atoms with Crippen molar-refractivity contribution in [2.45, 2.75) is 56.5 Å². The van der Waals surface area contributed by atoms with Gasteiger partial charge in [-0.25, -0.2) is 0 Å². The largest absolute Gasteiger partial charge is 0.405 e. The number of nitrogens with one attached hydrogen (secondary N) is 1. The van der Waals surface area contributed by atoms with Gasteiger partial charge in [0.15, 0.2) is 0 Å². The fourth-order valence-electron chi connectivity index (χ4n) is 2.60. The average Bonchev–Trinajstić information content (AvgIpc) is 3.21. The van der Waals surface area contributed by atoms with Gasteiger partial charge in [-0.05, 0) is 19.3 Å². The number of morpholine rings is 1. The van der Waals surface area contributed by atoms with Crippen molar-refractivity contribution in [3.8, 4) is 0 Å². The van der Waals surface area contributed by atoms with Crippen LogP contribution >= 0.6 is 0 Å². The van der Waals surface area contributed by atoms with E-state index < -0.39 is 30.2 Å². The summed E-state index contributed by atoms with van der Waals surface area (Å²) in [6, 6.07) is -3.70. The molecule has 0 spiro atoms. The Morgan fingerprint density at radius 3 is 2.67 bits per heavy atom. The van der Waals surface area contributed by atoms with Crippen molar-refractivity contribution < 1.29 is 22.7 Å². The Hall–Kier alpha value is -0.860. The quantitative estimate of drug-likeness (QED) is 0.782. The van der Waals surface area contributed by atoms with Crippen LogP contribution in [0.2, 0.25) is 0 Å². The summed E-state index contributed by atoms with van der Waals surface area (Å²) in [6.07, 6.45) is -2.50. The highest BCUT2D eigenvalue weighted by molar-refractivity contribution is 5.82. The monoisotopic (exact) mass is 309 g/mol. The zero-order valence-corrected chi connectivity index (χ0v) is 12.0. The van der Waals surface area contributed by atoms with E-state index >= 15 is 0 Å². The molecule has 0 aromatic heterocycles. The van der Waals surface area contributed by atoms with Crippen molar-refractivity contribution in [3.05, 3.63) is 0 Å². The third-order valence-corrected chi connectivity index (χ3v) is 3.97. The van der Waals surface area contributed by atoms with Gasteiger partial charge < -0.3 is 15.8 Å². The minimum atomic E-state index is -4.47. The summed E-state index contributed by atoms with van der Waals surface area (Å²) in [5.74, 6) is -0.394. The summed E-state index contributed by atoms with van der Waals surface area (Å²) < 4.78 is 45.3. The molecule has 2 fully saturated rings. The molecule has 2 rings (SSSR count). The zero-order valence-electron chi connectivity index (χ0n) is 12.0. The maximum Gasteiger partial charge on any atom is 0.405 e. The van der Waals surface area contributed by atoms with Gasteiger partial charge in [0.1, 0.15) is 12.1 Å². The third-order valence-electron chi connectivity index (χ3n) is 3.97. The molecule has 0 radical (unpaired) electrons. The predicted molar refractivity (Wildman–Crippen MR) is 70.6 cm³/mol. The SMILES string of the molecule is CCC(N)C(N1CCOCC1C(=O)NC1CC1)C(F)(F)F. The third kappa shape index (κ3) is 4.08. The highest BCUT2D eigenvalue weighted by Gasteiger charge is 2.50. The van der Waals surface area contributed by atoms with E-state index in [1.165, 1.54) is 0 Å². The molecule has 1 aliphatic carbocycles. The zero-order chi connectivity index (χ0) is 15.6. The van der Waals surface area contributed by atoms with E-state index in [4.69, 9.17) is 10.5 Å². The molecule has 3 unspecified atom stereocenters. The maximum absolute atomic E-state index is 13.4. The second-order valence-electron chi connectivity index (χ2n) is 5.67. The van der Waals surface area contributed by atoms with Crippen molar-refractivity contribution in [2.75, 3.05) is 19.8 Å². The van der Waals surface area contributed by atoms with Gasteiger partial charge in [0.05, 0.1) is 13.2 Å². The van der Waals surface area contributed by atoms with Crippen LogP contribution in [0.1, 0.15) is 26.2 Å². The molecular formula is C13H22F3N3O2. The highest BCUT2D eigenvalue weighted by Crippen LogP contribution is 2.30. The first kappa shape index (κ1) is 16.5. The maximum atomic E-state index is 13.4. The molecular weight excluding hydrogens is 287 g/mol. The summed E-state index contributed by atoms with van der Waals surface area (Å²) in [5.41, 5.74) is 5.68. The number of hydrogen-bond donors (Lipinski definition) is 2. The van der Waals surface area contributed by atoms with Crippen LogP contribution in [0.25, 0.3) is 0 Å². The number of alkyl halides is 3. The second kappa shape index (κ2) is 6.50. The Morgan fingerprint density at radius 2 is 2.14 bits per heavy atom. The van der Waals surface area contributed by atoms with Gasteiger partial charge in [-0.1, -0.05) is 6.92 Å². The van der Waals surface area contributed by atoms with Crippen molar-refractivity contribution in [1.82, 2.24) is 10.2 Å². The van der Waals surface area contributed by atoms with Gasteiger partial charge >= 0.3 is 6.18 Å². The van der Waals surface area contributed by atoms with Crippen LogP contribution in [0.15, 0.2) is 0 Å². The van der Waals surface area contributed by atoms with Crippen molar-refractivity contribution >= 4 is 5.91 Å². The molecule has 3 atom stereocenters. The van der Waals surface area contributed by atoms with Gasteiger partial charge in [-0.2, -0.15) is 13.2 Å². The molecule has 0 aromatic rings. The van der Waals surface area contributed by atoms with Crippen LogP contribution in [0.4, 0.5) is 13.2 Å². The number of rotatable bonds is 5. The van der Waals surface area contributed by atoms with Crippen LogP contribution in [0.3, 0.4) is 0 Å². The number of nitrogens with zero attached hydrogens (tertiary/aromatic N) is 1. The van der Waals surface area contributed by atoms with Crippen LogP contribution in [0, 0.1) is 0 Å². The number of amides is 1. The van der Waals surface area contributed by atoms with Gasteiger partial charge in [0.25, 0.3) is 0 Å². The lowest BCUT2D eigenvalue weighted by Gasteiger charge is -2.42. The number of ether oxygens (including phenoxy) is 1. The Morgan fingerprint density at radius 1 is 1.48 bits per heavy atom. The predicted octanol–water partition coefficient (Wildman–Crippen LogP) is 0.634.